The lowest BCUT2D eigenvalue weighted by atomic mass is 10.1. The summed E-state index contributed by atoms with van der Waals surface area (Å²) in [5, 5.41) is 3.09. The van der Waals surface area contributed by atoms with Crippen LogP contribution in [-0.4, -0.2) is 35.5 Å². The van der Waals surface area contributed by atoms with Gasteiger partial charge in [0.15, 0.2) is 0 Å². The number of hydrogen-bond acceptors (Lipinski definition) is 4. The second kappa shape index (κ2) is 8.21. The van der Waals surface area contributed by atoms with Crippen LogP contribution < -0.4 is 10.2 Å². The Morgan fingerprint density at radius 3 is 2.64 bits per heavy atom. The molecule has 28 heavy (non-hydrogen) atoms. The molecule has 0 spiro atoms. The summed E-state index contributed by atoms with van der Waals surface area (Å²) in [5.74, 6) is 0.454. The first-order valence-electron chi connectivity index (χ1n) is 9.64. The van der Waals surface area contributed by atoms with Gasteiger partial charge in [0.1, 0.15) is 6.33 Å². The molecule has 1 atom stereocenters. The molecule has 0 aliphatic carbocycles. The lowest BCUT2D eigenvalue weighted by Gasteiger charge is -2.19. The molecule has 142 valence electrons. The molecular weight excluding hydrogens is 348 g/mol. The van der Waals surface area contributed by atoms with E-state index in [1.54, 1.807) is 12.4 Å². The highest BCUT2D eigenvalue weighted by molar-refractivity contribution is 5.94. The molecule has 1 aliphatic rings. The molecule has 4 rings (SSSR count). The van der Waals surface area contributed by atoms with Crippen LogP contribution in [0.4, 0.5) is 5.69 Å². The lowest BCUT2D eigenvalue weighted by molar-refractivity contribution is 0.0948. The van der Waals surface area contributed by atoms with Crippen molar-refractivity contribution >= 4 is 11.6 Å². The quantitative estimate of drug-likeness (QED) is 0.742. The van der Waals surface area contributed by atoms with E-state index in [1.807, 2.05) is 24.3 Å². The minimum Gasteiger partial charge on any atom is -0.371 e. The Bertz CT molecular complexity index is 940. The number of benzene rings is 2. The Balaban J connectivity index is 1.31. The molecule has 0 bridgehead atoms. The zero-order valence-electron chi connectivity index (χ0n) is 16.0. The standard InChI is InChI=1S/C23H24N4O/c1-17-3-2-4-22(11-17)27-10-9-18(15-27)12-26-23(28)20-7-5-19(6-8-20)21-13-24-16-25-14-21/h2-8,11,13-14,16,18H,9-10,12,15H2,1H3,(H,26,28). The van der Waals surface area contributed by atoms with Gasteiger partial charge in [-0.25, -0.2) is 9.97 Å². The summed E-state index contributed by atoms with van der Waals surface area (Å²) in [5.41, 5.74) is 5.17. The molecule has 1 aromatic heterocycles. The second-order valence-corrected chi connectivity index (χ2v) is 7.35. The number of nitrogens with zero attached hydrogens (tertiary/aromatic N) is 3. The number of rotatable bonds is 5. The number of hydrogen-bond donors (Lipinski definition) is 1. The highest BCUT2D eigenvalue weighted by atomic mass is 16.1. The van der Waals surface area contributed by atoms with Crippen molar-refractivity contribution in [3.63, 3.8) is 0 Å². The molecule has 0 radical (unpaired) electrons. The molecule has 0 saturated carbocycles. The smallest absolute Gasteiger partial charge is 0.251 e. The Hall–Kier alpha value is -3.21. The van der Waals surface area contributed by atoms with Gasteiger partial charge in [0.25, 0.3) is 5.91 Å². The maximum absolute atomic E-state index is 12.5. The van der Waals surface area contributed by atoms with E-state index in [-0.39, 0.29) is 5.91 Å². The number of anilines is 1. The third-order valence-electron chi connectivity index (χ3n) is 5.24. The zero-order valence-corrected chi connectivity index (χ0v) is 16.0. The van der Waals surface area contributed by atoms with Gasteiger partial charge in [-0.1, -0.05) is 24.3 Å². The molecule has 1 unspecified atom stereocenters. The van der Waals surface area contributed by atoms with Crippen molar-refractivity contribution in [2.24, 2.45) is 5.92 Å². The van der Waals surface area contributed by atoms with Crippen LogP contribution in [0.5, 0.6) is 0 Å². The molecule has 1 amide bonds. The summed E-state index contributed by atoms with van der Waals surface area (Å²) in [6.45, 7) is 4.84. The number of carbonyl (C=O) groups is 1. The molecule has 1 saturated heterocycles. The van der Waals surface area contributed by atoms with Crippen LogP contribution >= 0.6 is 0 Å². The maximum Gasteiger partial charge on any atom is 0.251 e. The Labute approximate surface area is 165 Å². The molecule has 3 aromatic rings. The maximum atomic E-state index is 12.5. The molecule has 5 heteroatoms. The van der Waals surface area contributed by atoms with E-state index in [2.05, 4.69) is 51.4 Å². The van der Waals surface area contributed by atoms with Crippen LogP contribution in [-0.2, 0) is 0 Å². The topological polar surface area (TPSA) is 58.1 Å². The van der Waals surface area contributed by atoms with Gasteiger partial charge in [-0.2, -0.15) is 0 Å². The molecule has 1 aliphatic heterocycles. The van der Waals surface area contributed by atoms with Gasteiger partial charge < -0.3 is 10.2 Å². The first kappa shape index (κ1) is 18.2. The van der Waals surface area contributed by atoms with Crippen LogP contribution in [0.2, 0.25) is 0 Å². The van der Waals surface area contributed by atoms with E-state index in [1.165, 1.54) is 17.6 Å². The van der Waals surface area contributed by atoms with Crippen LogP contribution in [0.25, 0.3) is 11.1 Å². The number of nitrogens with one attached hydrogen (secondary N) is 1. The van der Waals surface area contributed by atoms with Crippen molar-refractivity contribution in [3.05, 3.63) is 78.4 Å². The van der Waals surface area contributed by atoms with Crippen molar-refractivity contribution in [2.45, 2.75) is 13.3 Å². The van der Waals surface area contributed by atoms with Gasteiger partial charge in [0, 0.05) is 48.8 Å². The summed E-state index contributed by atoms with van der Waals surface area (Å²) in [7, 11) is 0. The highest BCUT2D eigenvalue weighted by Crippen LogP contribution is 2.24. The average molecular weight is 372 g/mol. The Morgan fingerprint density at radius 2 is 1.89 bits per heavy atom. The molecule has 1 N–H and O–H groups in total. The third-order valence-corrected chi connectivity index (χ3v) is 5.24. The fraction of sp³-hybridized carbons (Fsp3) is 0.261. The van der Waals surface area contributed by atoms with Crippen molar-refractivity contribution in [2.75, 3.05) is 24.5 Å². The number of aryl methyl sites for hydroxylation is 1. The fourth-order valence-corrected chi connectivity index (χ4v) is 3.66. The van der Waals surface area contributed by atoms with E-state index < -0.39 is 0 Å². The monoisotopic (exact) mass is 372 g/mol. The van der Waals surface area contributed by atoms with Crippen LogP contribution in [0.1, 0.15) is 22.3 Å². The van der Waals surface area contributed by atoms with Crippen molar-refractivity contribution in [1.82, 2.24) is 15.3 Å². The van der Waals surface area contributed by atoms with E-state index in [0.29, 0.717) is 18.0 Å². The van der Waals surface area contributed by atoms with Gasteiger partial charge in [-0.3, -0.25) is 4.79 Å². The number of aromatic nitrogens is 2. The van der Waals surface area contributed by atoms with Crippen molar-refractivity contribution in [3.8, 4) is 11.1 Å². The highest BCUT2D eigenvalue weighted by Gasteiger charge is 2.23. The minimum atomic E-state index is -0.0233. The van der Waals surface area contributed by atoms with Gasteiger partial charge in [0.2, 0.25) is 0 Å². The molecule has 1 fully saturated rings. The van der Waals surface area contributed by atoms with Crippen molar-refractivity contribution < 1.29 is 4.79 Å². The molecular formula is C23H24N4O. The van der Waals surface area contributed by atoms with Crippen LogP contribution in [0.3, 0.4) is 0 Å². The first-order chi connectivity index (χ1) is 13.7. The van der Waals surface area contributed by atoms with E-state index in [0.717, 1.165) is 30.6 Å². The van der Waals surface area contributed by atoms with Gasteiger partial charge >= 0.3 is 0 Å². The van der Waals surface area contributed by atoms with Gasteiger partial charge in [-0.05, 0) is 54.7 Å². The minimum absolute atomic E-state index is 0.0233. The van der Waals surface area contributed by atoms with Crippen molar-refractivity contribution in [1.29, 1.82) is 0 Å². The lowest BCUT2D eigenvalue weighted by Crippen LogP contribution is -2.31. The Morgan fingerprint density at radius 1 is 1.11 bits per heavy atom. The van der Waals surface area contributed by atoms with Crippen LogP contribution in [0, 0.1) is 12.8 Å². The van der Waals surface area contributed by atoms with E-state index in [9.17, 15) is 4.79 Å². The summed E-state index contributed by atoms with van der Waals surface area (Å²) in [6, 6.07) is 16.2. The Kier molecular flexibility index (Phi) is 5.33. The molecule has 2 aromatic carbocycles. The average Bonchev–Trinajstić information content (AvgIpc) is 3.22. The third kappa shape index (κ3) is 4.19. The summed E-state index contributed by atoms with van der Waals surface area (Å²) in [4.78, 5) is 23.0. The van der Waals surface area contributed by atoms with Crippen LogP contribution in [0.15, 0.2) is 67.3 Å². The summed E-state index contributed by atoms with van der Waals surface area (Å²) < 4.78 is 0. The first-order valence-corrected chi connectivity index (χ1v) is 9.64. The molecule has 2 heterocycles. The summed E-state index contributed by atoms with van der Waals surface area (Å²) >= 11 is 0. The summed E-state index contributed by atoms with van der Waals surface area (Å²) in [6.07, 6.45) is 6.14. The normalized spacial score (nSPS) is 16.2. The van der Waals surface area contributed by atoms with E-state index >= 15 is 0 Å². The number of carbonyl (C=O) groups excluding carboxylic acids is 1. The predicted molar refractivity (Wildman–Crippen MR) is 111 cm³/mol. The second-order valence-electron chi connectivity index (χ2n) is 7.35. The zero-order chi connectivity index (χ0) is 19.3. The molecule has 5 nitrogen and oxygen atoms in total. The SMILES string of the molecule is Cc1cccc(N2CCC(CNC(=O)c3ccc(-c4cncnc4)cc3)C2)c1. The number of amides is 1. The predicted octanol–water partition coefficient (Wildman–Crippen LogP) is 3.71. The largest absolute Gasteiger partial charge is 0.371 e. The fourth-order valence-electron chi connectivity index (χ4n) is 3.66. The van der Waals surface area contributed by atoms with E-state index in [4.69, 9.17) is 0 Å². The van der Waals surface area contributed by atoms with Gasteiger partial charge in [0.05, 0.1) is 0 Å². The van der Waals surface area contributed by atoms with Gasteiger partial charge in [-0.15, -0.1) is 0 Å².